The average Bonchev–Trinajstić information content (AvgIpc) is 3.18. The Morgan fingerprint density at radius 1 is 0.949 bits per heavy atom. The summed E-state index contributed by atoms with van der Waals surface area (Å²) >= 11 is 0. The van der Waals surface area contributed by atoms with Gasteiger partial charge in [0.1, 0.15) is 5.75 Å². The third kappa shape index (κ3) is 4.73. The summed E-state index contributed by atoms with van der Waals surface area (Å²) in [6, 6.07) is 15.0. The zero-order valence-corrected chi connectivity index (χ0v) is 22.9. The minimum Gasteiger partial charge on any atom is -0.497 e. The molecule has 2 aromatic carbocycles. The van der Waals surface area contributed by atoms with Crippen LogP contribution in [0.3, 0.4) is 0 Å². The van der Waals surface area contributed by atoms with Gasteiger partial charge < -0.3 is 18.9 Å². The van der Waals surface area contributed by atoms with Crippen LogP contribution >= 0.6 is 0 Å². The highest BCUT2D eigenvalue weighted by Crippen LogP contribution is 2.60. The van der Waals surface area contributed by atoms with Crippen LogP contribution in [0.25, 0.3) is 12.2 Å². The largest absolute Gasteiger partial charge is 0.497 e. The average molecular weight is 533 g/mol. The second-order valence-electron chi connectivity index (χ2n) is 11.5. The number of rotatable bonds is 5. The number of ether oxygens (including phenoxy) is 4. The molecular weight excluding hydrogens is 496 g/mol. The zero-order valence-electron chi connectivity index (χ0n) is 22.9. The molecular formula is C32H36O7. The number of methoxy groups -OCH3 is 1. The molecule has 0 N–H and O–H groups in total. The molecule has 7 rings (SSSR count). The molecule has 5 aliphatic rings. The van der Waals surface area contributed by atoms with Gasteiger partial charge in [-0.15, -0.1) is 5.73 Å². The van der Waals surface area contributed by atoms with Crippen molar-refractivity contribution in [2.24, 2.45) is 23.7 Å². The molecule has 1 saturated carbocycles. The van der Waals surface area contributed by atoms with Gasteiger partial charge in [-0.05, 0) is 85.6 Å². The van der Waals surface area contributed by atoms with E-state index in [-0.39, 0.29) is 17.8 Å². The van der Waals surface area contributed by atoms with Crippen molar-refractivity contribution in [1.82, 2.24) is 0 Å². The molecule has 2 bridgehead atoms. The lowest BCUT2D eigenvalue weighted by molar-refractivity contribution is -0.576. The molecule has 4 heterocycles. The van der Waals surface area contributed by atoms with Crippen molar-refractivity contribution in [3.8, 4) is 5.75 Å². The van der Waals surface area contributed by atoms with E-state index in [0.29, 0.717) is 11.5 Å². The van der Waals surface area contributed by atoms with Crippen molar-refractivity contribution in [2.45, 2.75) is 70.4 Å². The van der Waals surface area contributed by atoms with E-state index in [1.807, 2.05) is 55.5 Å². The summed E-state index contributed by atoms with van der Waals surface area (Å²) in [5.41, 5.74) is 4.92. The molecule has 0 radical (unpaired) electrons. The van der Waals surface area contributed by atoms with Gasteiger partial charge in [-0.3, -0.25) is 0 Å². The number of fused-ring (bicyclic) bond motifs is 2. The molecule has 7 heteroatoms. The highest BCUT2D eigenvalue weighted by molar-refractivity contribution is 5.89. The van der Waals surface area contributed by atoms with E-state index in [9.17, 15) is 4.79 Å². The second kappa shape index (κ2) is 10.2. The van der Waals surface area contributed by atoms with Crippen LogP contribution in [0.4, 0.5) is 0 Å². The van der Waals surface area contributed by atoms with E-state index in [4.69, 9.17) is 28.7 Å². The van der Waals surface area contributed by atoms with Crippen molar-refractivity contribution in [1.29, 1.82) is 0 Å². The Morgan fingerprint density at radius 2 is 1.64 bits per heavy atom. The molecule has 4 saturated heterocycles. The third-order valence-electron chi connectivity index (χ3n) is 9.08. The minimum atomic E-state index is -0.863. The Hall–Kier alpha value is -2.93. The lowest BCUT2D eigenvalue weighted by Gasteiger charge is -2.59. The monoisotopic (exact) mass is 532 g/mol. The second-order valence-corrected chi connectivity index (χ2v) is 11.5. The molecule has 206 valence electrons. The van der Waals surface area contributed by atoms with Crippen LogP contribution in [-0.4, -0.2) is 37.0 Å². The standard InChI is InChI=1S/C32H36O7/c1-20-8-17-27-21(2)29(36-30-32(27)26(20)18-19-31(3,37-30)38-39-32)35-28(33)24-13-9-22(10-14-24)6-5-7-23-11-15-25(34-4)16-12-23/h6-7,9-16,20-21,26-27,29-30H,8,17-19H2,1-4H3/t5?,20-,21-,26+,27+,29-,30-,31-,32-/m1/s1. The van der Waals surface area contributed by atoms with Gasteiger partial charge in [-0.25, -0.2) is 14.6 Å². The van der Waals surface area contributed by atoms with Crippen molar-refractivity contribution in [2.75, 3.05) is 7.11 Å². The van der Waals surface area contributed by atoms with E-state index in [1.54, 1.807) is 19.2 Å². The van der Waals surface area contributed by atoms with Gasteiger partial charge in [-0.1, -0.05) is 38.1 Å². The smallest absolute Gasteiger partial charge is 0.340 e. The maximum atomic E-state index is 13.2. The van der Waals surface area contributed by atoms with Crippen LogP contribution in [0.5, 0.6) is 5.75 Å². The molecule has 39 heavy (non-hydrogen) atoms. The first-order chi connectivity index (χ1) is 18.8. The van der Waals surface area contributed by atoms with Crippen LogP contribution in [0.15, 0.2) is 54.3 Å². The van der Waals surface area contributed by atoms with Crippen LogP contribution in [-0.2, 0) is 24.0 Å². The summed E-state index contributed by atoms with van der Waals surface area (Å²) < 4.78 is 23.9. The Morgan fingerprint density at radius 3 is 2.33 bits per heavy atom. The molecule has 8 atom stereocenters. The van der Waals surface area contributed by atoms with Crippen LogP contribution in [0, 0.1) is 23.7 Å². The van der Waals surface area contributed by atoms with Crippen molar-refractivity contribution < 1.29 is 33.5 Å². The molecule has 5 fully saturated rings. The maximum Gasteiger partial charge on any atom is 0.340 e. The van der Waals surface area contributed by atoms with E-state index in [0.717, 1.165) is 42.6 Å². The van der Waals surface area contributed by atoms with E-state index in [2.05, 4.69) is 19.6 Å². The number of benzene rings is 2. The Balaban J connectivity index is 1.15. The summed E-state index contributed by atoms with van der Waals surface area (Å²) in [5.74, 6) is 0.305. The Labute approximate surface area is 229 Å². The lowest BCUT2D eigenvalue weighted by Crippen LogP contribution is -2.70. The Kier molecular flexibility index (Phi) is 6.90. The molecule has 1 spiro atoms. The van der Waals surface area contributed by atoms with Crippen molar-refractivity contribution >= 4 is 18.1 Å². The molecule has 4 aliphatic heterocycles. The number of hydrogen-bond acceptors (Lipinski definition) is 7. The van der Waals surface area contributed by atoms with Crippen molar-refractivity contribution in [3.63, 3.8) is 0 Å². The van der Waals surface area contributed by atoms with Gasteiger partial charge in [0.15, 0.2) is 11.9 Å². The molecule has 0 amide bonds. The zero-order chi connectivity index (χ0) is 27.2. The van der Waals surface area contributed by atoms with Gasteiger partial charge in [0.2, 0.25) is 12.1 Å². The first-order valence-corrected chi connectivity index (χ1v) is 13.9. The topological polar surface area (TPSA) is 72.5 Å². The minimum absolute atomic E-state index is 0.0693. The molecule has 0 unspecified atom stereocenters. The van der Waals surface area contributed by atoms with E-state index in [1.165, 1.54) is 0 Å². The number of esters is 1. The van der Waals surface area contributed by atoms with Gasteiger partial charge in [0, 0.05) is 18.3 Å². The third-order valence-corrected chi connectivity index (χ3v) is 9.08. The first-order valence-electron chi connectivity index (χ1n) is 13.9. The fraction of sp³-hybridized carbons (Fsp3) is 0.500. The first kappa shape index (κ1) is 26.3. The van der Waals surface area contributed by atoms with Crippen LogP contribution in [0.2, 0.25) is 0 Å². The van der Waals surface area contributed by atoms with Gasteiger partial charge in [0.05, 0.1) is 12.7 Å². The predicted molar refractivity (Wildman–Crippen MR) is 144 cm³/mol. The summed E-state index contributed by atoms with van der Waals surface area (Å²) in [6.07, 6.45) is 6.13. The van der Waals surface area contributed by atoms with E-state index >= 15 is 0 Å². The highest BCUT2D eigenvalue weighted by atomic mass is 17.3. The fourth-order valence-electron chi connectivity index (χ4n) is 6.83. The van der Waals surface area contributed by atoms with Crippen LogP contribution in [0.1, 0.15) is 67.9 Å². The Bertz CT molecular complexity index is 1260. The SMILES string of the molecule is COc1ccc(C=C=Cc2ccc(C(=O)O[C@@H]3O[C@@H]4O[C@@]5(C)CC[C@H]6[C@H](C)CC[C@@H]([C@H]3C)[C@@]46OO5)cc2)cc1. The number of carbonyl (C=O) groups is 1. The predicted octanol–water partition coefficient (Wildman–Crippen LogP) is 6.39. The lowest BCUT2D eigenvalue weighted by atomic mass is 9.58. The number of carbonyl (C=O) groups excluding carboxylic acids is 1. The van der Waals surface area contributed by atoms with E-state index < -0.39 is 29.9 Å². The maximum absolute atomic E-state index is 13.2. The van der Waals surface area contributed by atoms with Gasteiger partial charge in [-0.2, -0.15) is 0 Å². The summed E-state index contributed by atoms with van der Waals surface area (Å²) in [7, 11) is 1.65. The summed E-state index contributed by atoms with van der Waals surface area (Å²) in [6.45, 7) is 6.24. The molecule has 0 aromatic heterocycles. The quantitative estimate of drug-likeness (QED) is 0.251. The van der Waals surface area contributed by atoms with Crippen molar-refractivity contribution in [3.05, 3.63) is 71.0 Å². The number of hydrogen-bond donors (Lipinski definition) is 0. The van der Waals surface area contributed by atoms with Gasteiger partial charge in [0.25, 0.3) is 0 Å². The van der Waals surface area contributed by atoms with Crippen LogP contribution < -0.4 is 4.74 Å². The molecule has 1 aliphatic carbocycles. The van der Waals surface area contributed by atoms with Gasteiger partial charge >= 0.3 is 5.97 Å². The fourth-order valence-corrected chi connectivity index (χ4v) is 6.83. The molecule has 7 nitrogen and oxygen atoms in total. The summed E-state index contributed by atoms with van der Waals surface area (Å²) in [4.78, 5) is 25.2. The highest BCUT2D eigenvalue weighted by Gasteiger charge is 2.69. The molecule has 2 aromatic rings. The normalized spacial score (nSPS) is 36.6. The summed E-state index contributed by atoms with van der Waals surface area (Å²) in [5, 5.41) is 0.